The number of aromatic nitrogens is 2. The van der Waals surface area contributed by atoms with Gasteiger partial charge in [0, 0.05) is 33.4 Å². The van der Waals surface area contributed by atoms with Gasteiger partial charge in [0.25, 0.3) is 0 Å². The Balaban J connectivity index is 2.08. The van der Waals surface area contributed by atoms with E-state index in [1.165, 1.54) is 0 Å². The molecule has 1 heterocycles. The lowest BCUT2D eigenvalue weighted by molar-refractivity contribution is -0.0311. The number of nitrogens with zero attached hydrogens (tertiary/aromatic N) is 2. The molecule has 18 heavy (non-hydrogen) atoms. The zero-order valence-electron chi connectivity index (χ0n) is 11.3. The third-order valence-electron chi connectivity index (χ3n) is 2.43. The number of ether oxygens (including phenoxy) is 2. The minimum Gasteiger partial charge on any atom is -0.389 e. The zero-order valence-corrected chi connectivity index (χ0v) is 11.3. The normalized spacial score (nSPS) is 14.7. The molecule has 0 spiro atoms. The Labute approximate surface area is 108 Å². The van der Waals surface area contributed by atoms with Crippen molar-refractivity contribution in [1.82, 2.24) is 15.1 Å². The molecule has 0 aliphatic heterocycles. The van der Waals surface area contributed by atoms with E-state index in [0.29, 0.717) is 26.3 Å². The summed E-state index contributed by atoms with van der Waals surface area (Å²) in [6, 6.07) is 1.94. The Morgan fingerprint density at radius 3 is 2.89 bits per heavy atom. The van der Waals surface area contributed by atoms with Crippen LogP contribution in [0.4, 0.5) is 0 Å². The molecule has 6 heteroatoms. The summed E-state index contributed by atoms with van der Waals surface area (Å²) in [7, 11) is 3.51. The van der Waals surface area contributed by atoms with Gasteiger partial charge in [-0.15, -0.1) is 0 Å². The van der Waals surface area contributed by atoms with Crippen molar-refractivity contribution in [1.29, 1.82) is 0 Å². The molecule has 0 fully saturated rings. The van der Waals surface area contributed by atoms with Gasteiger partial charge in [-0.25, -0.2) is 0 Å². The molecule has 0 aromatic carbocycles. The molecule has 1 rings (SSSR count). The van der Waals surface area contributed by atoms with Crippen LogP contribution >= 0.6 is 0 Å². The number of hydrogen-bond donors (Lipinski definition) is 2. The quantitative estimate of drug-likeness (QED) is 0.648. The van der Waals surface area contributed by atoms with E-state index in [4.69, 9.17) is 9.47 Å². The monoisotopic (exact) mass is 257 g/mol. The van der Waals surface area contributed by atoms with Gasteiger partial charge in [-0.05, 0) is 13.0 Å². The summed E-state index contributed by atoms with van der Waals surface area (Å²) >= 11 is 0. The van der Waals surface area contributed by atoms with Crippen molar-refractivity contribution in [3.8, 4) is 0 Å². The molecular weight excluding hydrogens is 234 g/mol. The van der Waals surface area contributed by atoms with Crippen LogP contribution in [0.5, 0.6) is 0 Å². The Hall–Kier alpha value is -0.950. The maximum Gasteiger partial charge on any atom is 0.0897 e. The van der Waals surface area contributed by atoms with E-state index in [1.807, 2.05) is 26.2 Å². The van der Waals surface area contributed by atoms with Gasteiger partial charge < -0.3 is 19.9 Å². The average molecular weight is 257 g/mol. The second-order valence-electron chi connectivity index (χ2n) is 4.36. The van der Waals surface area contributed by atoms with Crippen LogP contribution in [0.1, 0.15) is 12.6 Å². The summed E-state index contributed by atoms with van der Waals surface area (Å²) < 4.78 is 12.1. The highest BCUT2D eigenvalue weighted by Gasteiger charge is 2.08. The zero-order chi connectivity index (χ0) is 13.4. The predicted molar refractivity (Wildman–Crippen MR) is 68.2 cm³/mol. The van der Waals surface area contributed by atoms with E-state index in [9.17, 15) is 5.11 Å². The van der Waals surface area contributed by atoms with Crippen molar-refractivity contribution in [3.63, 3.8) is 0 Å². The van der Waals surface area contributed by atoms with Crippen LogP contribution < -0.4 is 5.32 Å². The topological polar surface area (TPSA) is 68.5 Å². The minimum atomic E-state index is -0.520. The molecule has 0 saturated carbocycles. The summed E-state index contributed by atoms with van der Waals surface area (Å²) in [6.07, 6.45) is 1.37. The highest BCUT2D eigenvalue weighted by Crippen LogP contribution is 1.95. The summed E-state index contributed by atoms with van der Waals surface area (Å²) in [5, 5.41) is 17.1. The van der Waals surface area contributed by atoms with Gasteiger partial charge in [-0.2, -0.15) is 5.10 Å². The Kier molecular flexibility index (Phi) is 6.89. The van der Waals surface area contributed by atoms with Crippen molar-refractivity contribution in [2.45, 2.75) is 25.7 Å². The van der Waals surface area contributed by atoms with E-state index in [2.05, 4.69) is 10.4 Å². The van der Waals surface area contributed by atoms with Crippen molar-refractivity contribution < 1.29 is 14.6 Å². The number of nitrogens with one attached hydrogen (secondary N) is 1. The molecule has 2 unspecified atom stereocenters. The van der Waals surface area contributed by atoms with Crippen LogP contribution in [-0.4, -0.2) is 54.0 Å². The molecule has 0 amide bonds. The summed E-state index contributed by atoms with van der Waals surface area (Å²) in [5.41, 5.74) is 0.957. The van der Waals surface area contributed by atoms with Gasteiger partial charge in [0.15, 0.2) is 0 Å². The molecule has 1 aromatic heterocycles. The molecule has 0 radical (unpaired) electrons. The number of methoxy groups -OCH3 is 1. The lowest BCUT2D eigenvalue weighted by Gasteiger charge is -2.16. The number of hydrogen-bond acceptors (Lipinski definition) is 5. The van der Waals surface area contributed by atoms with Crippen LogP contribution in [0, 0.1) is 0 Å². The molecule has 2 N–H and O–H groups in total. The first-order chi connectivity index (χ1) is 8.61. The SMILES string of the molecule is COCC(C)OCC(O)CNCc1ccn(C)n1. The second-order valence-corrected chi connectivity index (χ2v) is 4.36. The van der Waals surface area contributed by atoms with Crippen LogP contribution in [-0.2, 0) is 23.1 Å². The first kappa shape index (κ1) is 15.1. The molecule has 0 aliphatic carbocycles. The van der Waals surface area contributed by atoms with Crippen molar-refractivity contribution in [2.75, 3.05) is 26.9 Å². The molecule has 0 aliphatic rings. The first-order valence-electron chi connectivity index (χ1n) is 6.09. The van der Waals surface area contributed by atoms with Crippen molar-refractivity contribution in [2.24, 2.45) is 7.05 Å². The average Bonchev–Trinajstić information content (AvgIpc) is 2.73. The maximum atomic E-state index is 9.70. The minimum absolute atomic E-state index is 0.000407. The molecule has 6 nitrogen and oxygen atoms in total. The van der Waals surface area contributed by atoms with Crippen LogP contribution in [0.2, 0.25) is 0 Å². The van der Waals surface area contributed by atoms with Gasteiger partial charge in [0.05, 0.1) is 31.1 Å². The molecule has 2 atom stereocenters. The van der Waals surface area contributed by atoms with E-state index in [0.717, 1.165) is 5.69 Å². The molecule has 0 saturated heterocycles. The lowest BCUT2D eigenvalue weighted by atomic mass is 10.3. The lowest BCUT2D eigenvalue weighted by Crippen LogP contribution is -2.32. The molecule has 0 bridgehead atoms. The standard InChI is InChI=1S/C12H23N3O3/c1-10(8-17-3)18-9-12(16)7-13-6-11-4-5-15(2)14-11/h4-5,10,12-13,16H,6-9H2,1-3H3. The van der Waals surface area contributed by atoms with Gasteiger partial charge in [-0.1, -0.05) is 0 Å². The van der Waals surface area contributed by atoms with Crippen molar-refractivity contribution in [3.05, 3.63) is 18.0 Å². The summed E-state index contributed by atoms with van der Waals surface area (Å²) in [4.78, 5) is 0. The fraction of sp³-hybridized carbons (Fsp3) is 0.750. The number of aryl methyl sites for hydroxylation is 1. The smallest absolute Gasteiger partial charge is 0.0897 e. The summed E-state index contributed by atoms with van der Waals surface area (Å²) in [5.74, 6) is 0. The second kappa shape index (κ2) is 8.20. The molecule has 1 aromatic rings. The van der Waals surface area contributed by atoms with E-state index in [-0.39, 0.29) is 6.10 Å². The number of aliphatic hydroxyl groups is 1. The van der Waals surface area contributed by atoms with E-state index < -0.39 is 6.10 Å². The fourth-order valence-corrected chi connectivity index (χ4v) is 1.54. The number of aliphatic hydroxyl groups excluding tert-OH is 1. The highest BCUT2D eigenvalue weighted by molar-refractivity contribution is 4.97. The van der Waals surface area contributed by atoms with Gasteiger partial charge >= 0.3 is 0 Å². The largest absolute Gasteiger partial charge is 0.389 e. The Bertz CT molecular complexity index is 330. The molecular formula is C12H23N3O3. The van der Waals surface area contributed by atoms with Gasteiger partial charge in [-0.3, -0.25) is 4.68 Å². The highest BCUT2D eigenvalue weighted by atomic mass is 16.5. The van der Waals surface area contributed by atoms with Crippen molar-refractivity contribution >= 4 is 0 Å². The third kappa shape index (κ3) is 6.11. The summed E-state index contributed by atoms with van der Waals surface area (Å²) in [6.45, 7) is 3.88. The first-order valence-corrected chi connectivity index (χ1v) is 6.09. The predicted octanol–water partition coefficient (Wildman–Crippen LogP) is -0.0779. The Morgan fingerprint density at radius 1 is 1.50 bits per heavy atom. The fourth-order valence-electron chi connectivity index (χ4n) is 1.54. The van der Waals surface area contributed by atoms with Crippen LogP contribution in [0.25, 0.3) is 0 Å². The van der Waals surface area contributed by atoms with Crippen LogP contribution in [0.15, 0.2) is 12.3 Å². The Morgan fingerprint density at radius 2 is 2.28 bits per heavy atom. The van der Waals surface area contributed by atoms with Gasteiger partial charge in [0.2, 0.25) is 0 Å². The maximum absolute atomic E-state index is 9.70. The van der Waals surface area contributed by atoms with E-state index >= 15 is 0 Å². The molecule has 104 valence electrons. The van der Waals surface area contributed by atoms with Gasteiger partial charge in [0.1, 0.15) is 0 Å². The third-order valence-corrected chi connectivity index (χ3v) is 2.43. The van der Waals surface area contributed by atoms with Crippen LogP contribution in [0.3, 0.4) is 0 Å². The number of rotatable bonds is 9. The van der Waals surface area contributed by atoms with E-state index in [1.54, 1.807) is 11.8 Å².